The summed E-state index contributed by atoms with van der Waals surface area (Å²) in [6.45, 7) is 2.20. The number of quaternary nitrogens is 2. The third kappa shape index (κ3) is 13.9. The fourth-order valence-corrected chi connectivity index (χ4v) is 6.11. The van der Waals surface area contributed by atoms with E-state index in [1.54, 1.807) is 36.4 Å². The summed E-state index contributed by atoms with van der Waals surface area (Å²) in [4.78, 5) is 23.0. The highest BCUT2D eigenvalue weighted by Gasteiger charge is 2.09. The van der Waals surface area contributed by atoms with E-state index in [4.69, 9.17) is 0 Å². The normalized spacial score (nSPS) is 10.9. The van der Waals surface area contributed by atoms with Gasteiger partial charge in [-0.25, -0.2) is 0 Å². The maximum absolute atomic E-state index is 11.0. The molecule has 0 heterocycles. The van der Waals surface area contributed by atoms with Crippen LogP contribution in [-0.4, -0.2) is 63.2 Å². The lowest BCUT2D eigenvalue weighted by atomic mass is 10.2. The zero-order valence-corrected chi connectivity index (χ0v) is 26.8. The van der Waals surface area contributed by atoms with Gasteiger partial charge in [-0.1, -0.05) is 119 Å². The van der Waals surface area contributed by atoms with Crippen molar-refractivity contribution in [1.82, 2.24) is 0 Å². The van der Waals surface area contributed by atoms with E-state index in [9.17, 15) is 19.8 Å². The molecule has 0 bridgehead atoms. The average molecular weight is 605 g/mol. The Bertz CT molecular complexity index is 1290. The summed E-state index contributed by atoms with van der Waals surface area (Å²) < 4.78 is 1.98. The van der Waals surface area contributed by atoms with Gasteiger partial charge in [0.2, 0.25) is 0 Å². The van der Waals surface area contributed by atoms with Gasteiger partial charge in [-0.2, -0.15) is 0 Å². The first-order valence-corrected chi connectivity index (χ1v) is 15.5. The first-order valence-electron chi connectivity index (χ1n) is 13.4. The third-order valence-corrected chi connectivity index (χ3v) is 7.92. The number of nitrogens with zero attached hydrogens (tertiary/aromatic N) is 2. The van der Waals surface area contributed by atoms with Crippen LogP contribution in [0, 0.1) is 0 Å². The lowest BCUT2D eigenvalue weighted by Crippen LogP contribution is -2.33. The standard InChI is InChI=1S/C14H10O4S2.2C10H16N/c15-13(16)9-5-1-3-7-11(9)19-20-12-8-4-2-6-10(12)14(17)18;2*1-11(2,3)9-10-7-5-4-6-8-10/h1-8H,(H,15,16)(H,17,18);2*4-8H,9H2,1-3H3/q;2*+1/p-2. The number of carbonyl (C=O) groups excluding carboxylic acids is 2. The number of hydrogen-bond donors (Lipinski definition) is 0. The van der Waals surface area contributed by atoms with Crippen molar-refractivity contribution in [2.24, 2.45) is 0 Å². The smallest absolute Gasteiger partial charge is 0.104 e. The van der Waals surface area contributed by atoms with Crippen molar-refractivity contribution in [1.29, 1.82) is 0 Å². The summed E-state index contributed by atoms with van der Waals surface area (Å²) in [5.41, 5.74) is 2.96. The molecule has 0 aliphatic carbocycles. The molecule has 8 heteroatoms. The Balaban J connectivity index is 0.000000239. The molecular formula is C34H40N2O4S2. The van der Waals surface area contributed by atoms with Crippen molar-refractivity contribution in [2.45, 2.75) is 22.9 Å². The molecule has 4 aromatic rings. The van der Waals surface area contributed by atoms with Crippen LogP contribution in [0.3, 0.4) is 0 Å². The minimum atomic E-state index is -1.26. The molecule has 0 saturated heterocycles. The number of aromatic carboxylic acids is 2. The van der Waals surface area contributed by atoms with E-state index < -0.39 is 11.9 Å². The van der Waals surface area contributed by atoms with Crippen LogP contribution in [0.25, 0.3) is 0 Å². The number of rotatable bonds is 9. The number of benzene rings is 4. The molecule has 0 aromatic heterocycles. The Kier molecular flexibility index (Phi) is 13.8. The SMILES string of the molecule is C[N+](C)(C)Cc1ccccc1.C[N+](C)(C)Cc1ccccc1.O=C([O-])c1ccccc1SSc1ccccc1C(=O)[O-]. The highest BCUT2D eigenvalue weighted by Crippen LogP contribution is 2.40. The molecule has 222 valence electrons. The first-order chi connectivity index (χ1) is 19.7. The monoisotopic (exact) mass is 604 g/mol. The number of carbonyl (C=O) groups is 2. The van der Waals surface area contributed by atoms with Crippen LogP contribution in [0.4, 0.5) is 0 Å². The Morgan fingerprint density at radius 1 is 0.500 bits per heavy atom. The fourth-order valence-electron chi connectivity index (χ4n) is 3.77. The van der Waals surface area contributed by atoms with Crippen molar-refractivity contribution in [3.63, 3.8) is 0 Å². The molecule has 0 spiro atoms. The summed E-state index contributed by atoms with van der Waals surface area (Å²) >= 11 is 0. The Hall–Kier alpha value is -3.56. The topological polar surface area (TPSA) is 80.3 Å². The van der Waals surface area contributed by atoms with Crippen LogP contribution in [0.1, 0.15) is 31.8 Å². The zero-order chi connectivity index (χ0) is 31.2. The van der Waals surface area contributed by atoms with Crippen LogP contribution in [-0.2, 0) is 13.1 Å². The second-order valence-corrected chi connectivity index (χ2v) is 13.8. The molecule has 0 unspecified atom stereocenters. The van der Waals surface area contributed by atoms with Gasteiger partial charge < -0.3 is 28.8 Å². The molecule has 0 radical (unpaired) electrons. The van der Waals surface area contributed by atoms with Crippen LogP contribution < -0.4 is 10.2 Å². The average Bonchev–Trinajstić information content (AvgIpc) is 2.92. The molecular weight excluding hydrogens is 565 g/mol. The maximum Gasteiger partial charge on any atom is 0.104 e. The van der Waals surface area contributed by atoms with E-state index in [1.807, 2.05) is 0 Å². The minimum Gasteiger partial charge on any atom is -0.545 e. The van der Waals surface area contributed by atoms with E-state index in [0.29, 0.717) is 9.79 Å². The molecule has 0 saturated carbocycles. The molecule has 0 amide bonds. The molecule has 0 aliphatic rings. The van der Waals surface area contributed by atoms with Gasteiger partial charge in [0.25, 0.3) is 0 Å². The molecule has 0 aliphatic heterocycles. The Morgan fingerprint density at radius 3 is 1.07 bits per heavy atom. The Labute approximate surface area is 258 Å². The van der Waals surface area contributed by atoms with Crippen molar-refractivity contribution < 1.29 is 28.8 Å². The second-order valence-electron chi connectivity index (χ2n) is 11.6. The van der Waals surface area contributed by atoms with Gasteiger partial charge >= 0.3 is 0 Å². The fraction of sp³-hybridized carbons (Fsp3) is 0.235. The molecule has 4 aromatic carbocycles. The summed E-state index contributed by atoms with van der Waals surface area (Å²) in [6, 6.07) is 34.0. The molecule has 42 heavy (non-hydrogen) atoms. The molecule has 4 rings (SSSR count). The van der Waals surface area contributed by atoms with Gasteiger partial charge in [-0.3, -0.25) is 0 Å². The van der Waals surface area contributed by atoms with E-state index >= 15 is 0 Å². The third-order valence-electron chi connectivity index (χ3n) is 5.43. The van der Waals surface area contributed by atoms with Gasteiger partial charge in [0.1, 0.15) is 13.1 Å². The molecule has 0 fully saturated rings. The second kappa shape index (κ2) is 16.8. The quantitative estimate of drug-likeness (QED) is 0.198. The largest absolute Gasteiger partial charge is 0.545 e. The zero-order valence-electron chi connectivity index (χ0n) is 25.2. The van der Waals surface area contributed by atoms with E-state index in [-0.39, 0.29) is 11.1 Å². The van der Waals surface area contributed by atoms with E-state index in [1.165, 1.54) is 23.3 Å². The minimum absolute atomic E-state index is 0.0796. The predicted molar refractivity (Wildman–Crippen MR) is 170 cm³/mol. The summed E-state index contributed by atoms with van der Waals surface area (Å²) in [5.74, 6) is -2.52. The highest BCUT2D eigenvalue weighted by molar-refractivity contribution is 8.76. The van der Waals surface area contributed by atoms with Crippen molar-refractivity contribution in [3.8, 4) is 0 Å². The lowest BCUT2D eigenvalue weighted by Gasteiger charge is -2.23. The number of carboxylic acid groups (broad SMARTS) is 2. The van der Waals surface area contributed by atoms with Crippen LogP contribution >= 0.6 is 21.6 Å². The van der Waals surface area contributed by atoms with Crippen LogP contribution in [0.15, 0.2) is 119 Å². The predicted octanol–water partition coefficient (Wildman–Crippen LogP) is 5.00. The van der Waals surface area contributed by atoms with Crippen LogP contribution in [0.5, 0.6) is 0 Å². The number of carboxylic acids is 2. The van der Waals surface area contributed by atoms with E-state index in [0.717, 1.165) is 43.6 Å². The number of hydrogen-bond acceptors (Lipinski definition) is 6. The van der Waals surface area contributed by atoms with Crippen LogP contribution in [0.2, 0.25) is 0 Å². The van der Waals surface area contributed by atoms with Crippen molar-refractivity contribution in [3.05, 3.63) is 131 Å². The molecule has 0 atom stereocenters. The first kappa shape index (κ1) is 34.6. The van der Waals surface area contributed by atoms with Crippen molar-refractivity contribution >= 4 is 33.5 Å². The van der Waals surface area contributed by atoms with Crippen molar-refractivity contribution in [2.75, 3.05) is 42.3 Å². The molecule has 0 N–H and O–H groups in total. The van der Waals surface area contributed by atoms with Gasteiger partial charge in [-0.15, -0.1) is 0 Å². The van der Waals surface area contributed by atoms with Gasteiger partial charge in [-0.05, 0) is 12.1 Å². The maximum atomic E-state index is 11.0. The summed E-state index contributed by atoms with van der Waals surface area (Å²) in [5, 5.41) is 21.9. The molecule has 6 nitrogen and oxygen atoms in total. The Morgan fingerprint density at radius 2 is 0.786 bits per heavy atom. The van der Waals surface area contributed by atoms with Gasteiger partial charge in [0, 0.05) is 32.0 Å². The summed E-state index contributed by atoms with van der Waals surface area (Å²) in [6.07, 6.45) is 0. The van der Waals surface area contributed by atoms with Gasteiger partial charge in [0.15, 0.2) is 0 Å². The van der Waals surface area contributed by atoms with E-state index in [2.05, 4.69) is 103 Å². The van der Waals surface area contributed by atoms with Gasteiger partial charge in [0.05, 0.1) is 54.2 Å². The highest BCUT2D eigenvalue weighted by atomic mass is 33.1. The lowest BCUT2D eigenvalue weighted by molar-refractivity contribution is -0.884. The summed E-state index contributed by atoms with van der Waals surface area (Å²) in [7, 11) is 15.5.